The van der Waals surface area contributed by atoms with E-state index in [1.165, 1.54) is 0 Å². The van der Waals surface area contributed by atoms with Crippen molar-refractivity contribution in [2.45, 2.75) is 46.6 Å². The fraction of sp³-hybridized carbons (Fsp3) is 0.786. The molecular weight excluding hydrogens is 246 g/mol. The normalized spacial score (nSPS) is 12.3. The Bertz CT molecular complexity index is 256. The Labute approximate surface area is 116 Å². The van der Waals surface area contributed by atoms with Gasteiger partial charge in [0.2, 0.25) is 0 Å². The van der Waals surface area contributed by atoms with Crippen molar-refractivity contribution in [2.75, 3.05) is 19.9 Å². The van der Waals surface area contributed by atoms with Crippen LogP contribution in [0.1, 0.15) is 40.5 Å². The lowest BCUT2D eigenvalue weighted by Crippen LogP contribution is -2.40. The van der Waals surface area contributed by atoms with Crippen molar-refractivity contribution in [3.05, 3.63) is 12.8 Å². The fourth-order valence-corrected chi connectivity index (χ4v) is 1.60. The van der Waals surface area contributed by atoms with Crippen LogP contribution in [0.25, 0.3) is 0 Å². The van der Waals surface area contributed by atoms with Gasteiger partial charge in [-0.15, -0.1) is 0 Å². The maximum atomic E-state index is 12.0. The number of esters is 1. The van der Waals surface area contributed by atoms with Crippen molar-refractivity contribution in [1.29, 1.82) is 0 Å². The Balaban J connectivity index is 4.55. The van der Waals surface area contributed by atoms with Gasteiger partial charge in [-0.05, 0) is 38.8 Å². The smallest absolute Gasteiger partial charge is 0.328 e. The van der Waals surface area contributed by atoms with Crippen LogP contribution in [0.2, 0.25) is 0 Å². The monoisotopic (exact) mass is 273 g/mol. The maximum absolute atomic E-state index is 12.0. The first-order valence-corrected chi connectivity index (χ1v) is 6.86. The van der Waals surface area contributed by atoms with Gasteiger partial charge in [-0.25, -0.2) is 14.6 Å². The van der Waals surface area contributed by atoms with E-state index in [9.17, 15) is 4.79 Å². The third kappa shape index (κ3) is 7.85. The van der Waals surface area contributed by atoms with E-state index in [4.69, 9.17) is 14.5 Å². The van der Waals surface area contributed by atoms with Crippen LogP contribution in [0.5, 0.6) is 0 Å². The first-order valence-electron chi connectivity index (χ1n) is 6.86. The highest BCUT2D eigenvalue weighted by molar-refractivity contribution is 5.75. The van der Waals surface area contributed by atoms with Crippen LogP contribution in [0.15, 0.2) is 12.8 Å². The molecule has 1 unspecified atom stereocenters. The summed E-state index contributed by atoms with van der Waals surface area (Å²) in [5.74, 6) is 0.277. The molecule has 0 aliphatic heterocycles. The summed E-state index contributed by atoms with van der Waals surface area (Å²) in [6.07, 6.45) is 3.22. The van der Waals surface area contributed by atoms with E-state index in [-0.39, 0.29) is 18.7 Å². The molecule has 0 fully saturated rings. The Hall–Kier alpha value is -1.07. The molecule has 0 aliphatic carbocycles. The van der Waals surface area contributed by atoms with Crippen LogP contribution in [-0.2, 0) is 19.3 Å². The Morgan fingerprint density at radius 3 is 2.37 bits per heavy atom. The Kier molecular flexibility index (Phi) is 10.2. The molecule has 0 aromatic heterocycles. The molecule has 1 atom stereocenters. The quantitative estimate of drug-likeness (QED) is 0.190. The highest BCUT2D eigenvalue weighted by Crippen LogP contribution is 2.14. The average molecular weight is 273 g/mol. The number of carbonyl (C=O) groups is 1. The van der Waals surface area contributed by atoms with Gasteiger partial charge in [-0.1, -0.05) is 20.4 Å². The number of nitrogens with zero attached hydrogens (tertiary/aromatic N) is 1. The second-order valence-electron chi connectivity index (χ2n) is 4.59. The molecule has 0 aromatic carbocycles. The van der Waals surface area contributed by atoms with Crippen LogP contribution in [0.3, 0.4) is 0 Å². The molecule has 112 valence electrons. The fourth-order valence-electron chi connectivity index (χ4n) is 1.60. The minimum atomic E-state index is -0.375. The zero-order valence-electron chi connectivity index (χ0n) is 12.6. The standard InChI is InChI=1S/C14H27NO4/c1-6-15(11-19-18-8-3)13(10-9-12(4)5)14(16)17-7-2/h6,12-13H,1,7-11H2,2-5H3. The van der Waals surface area contributed by atoms with Gasteiger partial charge >= 0.3 is 5.97 Å². The van der Waals surface area contributed by atoms with E-state index in [0.29, 0.717) is 25.6 Å². The van der Waals surface area contributed by atoms with Crippen LogP contribution >= 0.6 is 0 Å². The summed E-state index contributed by atoms with van der Waals surface area (Å²) >= 11 is 0. The number of hydrogen-bond donors (Lipinski definition) is 0. The van der Waals surface area contributed by atoms with Crippen molar-refractivity contribution in [1.82, 2.24) is 4.90 Å². The van der Waals surface area contributed by atoms with Gasteiger partial charge in [0.25, 0.3) is 0 Å². The van der Waals surface area contributed by atoms with E-state index in [1.807, 2.05) is 6.92 Å². The zero-order valence-corrected chi connectivity index (χ0v) is 12.6. The first-order chi connectivity index (χ1) is 9.06. The van der Waals surface area contributed by atoms with Crippen LogP contribution in [-0.4, -0.2) is 36.9 Å². The van der Waals surface area contributed by atoms with Gasteiger partial charge < -0.3 is 9.64 Å². The highest BCUT2D eigenvalue weighted by Gasteiger charge is 2.25. The molecule has 0 saturated carbocycles. The maximum Gasteiger partial charge on any atom is 0.328 e. The molecule has 0 aliphatic rings. The molecule has 5 nitrogen and oxygen atoms in total. The molecule has 0 rings (SSSR count). The van der Waals surface area contributed by atoms with E-state index in [1.54, 1.807) is 18.0 Å². The van der Waals surface area contributed by atoms with Crippen molar-refractivity contribution in [2.24, 2.45) is 5.92 Å². The lowest BCUT2D eigenvalue weighted by Gasteiger charge is -2.28. The predicted molar refractivity (Wildman–Crippen MR) is 74.1 cm³/mol. The molecule has 0 amide bonds. The third-order valence-corrected chi connectivity index (χ3v) is 2.61. The summed E-state index contributed by atoms with van der Waals surface area (Å²) < 4.78 is 5.10. The van der Waals surface area contributed by atoms with Crippen molar-refractivity contribution in [3.8, 4) is 0 Å². The number of rotatable bonds is 11. The molecule has 0 radical (unpaired) electrons. The second-order valence-corrected chi connectivity index (χ2v) is 4.59. The number of hydrogen-bond acceptors (Lipinski definition) is 5. The van der Waals surface area contributed by atoms with Crippen LogP contribution in [0.4, 0.5) is 0 Å². The molecule has 0 aromatic rings. The number of ether oxygens (including phenoxy) is 1. The zero-order chi connectivity index (χ0) is 14.7. The largest absolute Gasteiger partial charge is 0.464 e. The van der Waals surface area contributed by atoms with Crippen molar-refractivity contribution in [3.63, 3.8) is 0 Å². The molecule has 0 saturated heterocycles. The van der Waals surface area contributed by atoms with E-state index in [2.05, 4.69) is 20.4 Å². The first kappa shape index (κ1) is 17.9. The summed E-state index contributed by atoms with van der Waals surface area (Å²) in [4.78, 5) is 23.5. The summed E-state index contributed by atoms with van der Waals surface area (Å²) in [5, 5.41) is 0. The molecule has 19 heavy (non-hydrogen) atoms. The SMILES string of the molecule is C=CN(COOCC)C(CCC(C)C)C(=O)OCC. The summed E-state index contributed by atoms with van der Waals surface area (Å²) in [5.41, 5.74) is 0. The summed E-state index contributed by atoms with van der Waals surface area (Å²) in [7, 11) is 0. The van der Waals surface area contributed by atoms with E-state index in [0.717, 1.165) is 6.42 Å². The molecule has 5 heteroatoms. The second kappa shape index (κ2) is 10.8. The van der Waals surface area contributed by atoms with Gasteiger partial charge in [0.1, 0.15) is 6.04 Å². The van der Waals surface area contributed by atoms with Crippen molar-refractivity contribution >= 4 is 5.97 Å². The lowest BCUT2D eigenvalue weighted by molar-refractivity contribution is -0.310. The van der Waals surface area contributed by atoms with E-state index < -0.39 is 0 Å². The van der Waals surface area contributed by atoms with Gasteiger partial charge in [-0.2, -0.15) is 0 Å². The molecule has 0 bridgehead atoms. The third-order valence-electron chi connectivity index (χ3n) is 2.61. The van der Waals surface area contributed by atoms with Gasteiger partial charge in [-0.3, -0.25) is 0 Å². The topological polar surface area (TPSA) is 48.0 Å². The lowest BCUT2D eigenvalue weighted by atomic mass is 10.0. The Morgan fingerprint density at radius 2 is 1.89 bits per heavy atom. The molecule has 0 spiro atoms. The number of carbonyl (C=O) groups excluding carboxylic acids is 1. The van der Waals surface area contributed by atoms with E-state index >= 15 is 0 Å². The minimum absolute atomic E-state index is 0.166. The van der Waals surface area contributed by atoms with Crippen LogP contribution < -0.4 is 0 Å². The Morgan fingerprint density at radius 1 is 1.21 bits per heavy atom. The molecule has 0 heterocycles. The molecular formula is C14H27NO4. The van der Waals surface area contributed by atoms with Crippen molar-refractivity contribution < 1.29 is 19.3 Å². The highest BCUT2D eigenvalue weighted by atomic mass is 17.2. The minimum Gasteiger partial charge on any atom is -0.464 e. The van der Waals surface area contributed by atoms with Crippen LogP contribution in [0, 0.1) is 5.92 Å². The molecule has 0 N–H and O–H groups in total. The van der Waals surface area contributed by atoms with Gasteiger partial charge in [0.05, 0.1) is 13.2 Å². The van der Waals surface area contributed by atoms with Gasteiger partial charge in [0, 0.05) is 0 Å². The average Bonchev–Trinajstić information content (AvgIpc) is 2.37. The van der Waals surface area contributed by atoms with Gasteiger partial charge in [0.15, 0.2) is 6.73 Å². The predicted octanol–water partition coefficient (Wildman–Crippen LogP) is 2.73. The summed E-state index contributed by atoms with van der Waals surface area (Å²) in [6, 6.07) is -0.375. The summed E-state index contributed by atoms with van der Waals surface area (Å²) in [6.45, 7) is 12.6.